The number of benzene rings is 1. The first kappa shape index (κ1) is 13.1. The van der Waals surface area contributed by atoms with Gasteiger partial charge in [0.2, 0.25) is 0 Å². The van der Waals surface area contributed by atoms with Gasteiger partial charge in [0, 0.05) is 24.5 Å². The van der Waals surface area contributed by atoms with Gasteiger partial charge < -0.3 is 9.30 Å². The Hall–Kier alpha value is -1.89. The van der Waals surface area contributed by atoms with Gasteiger partial charge in [0.25, 0.3) is 0 Å². The van der Waals surface area contributed by atoms with Gasteiger partial charge in [-0.2, -0.15) is 13.2 Å². The fourth-order valence-electron chi connectivity index (χ4n) is 2.24. The maximum Gasteiger partial charge on any atom is 0.416 e. The molecule has 0 fully saturated rings. The highest BCUT2D eigenvalue weighted by molar-refractivity contribution is 5.32. The van der Waals surface area contributed by atoms with Crippen molar-refractivity contribution in [1.29, 1.82) is 0 Å². The van der Waals surface area contributed by atoms with Gasteiger partial charge in [0.05, 0.1) is 12.2 Å². The van der Waals surface area contributed by atoms with E-state index in [9.17, 15) is 17.6 Å². The lowest BCUT2D eigenvalue weighted by Crippen LogP contribution is -2.23. The van der Waals surface area contributed by atoms with Crippen molar-refractivity contribution >= 4 is 0 Å². The molecule has 3 rings (SSSR count). The SMILES string of the molecule is Fc1ccc(C(F)(F)F)cc1C1OCCn2ccnc21. The topological polar surface area (TPSA) is 27.1 Å². The summed E-state index contributed by atoms with van der Waals surface area (Å²) in [6.45, 7) is 0.843. The predicted octanol–water partition coefficient (Wildman–Crippen LogP) is 3.16. The first-order valence-electron chi connectivity index (χ1n) is 5.96. The van der Waals surface area contributed by atoms with E-state index in [1.54, 1.807) is 10.8 Å². The van der Waals surface area contributed by atoms with Gasteiger partial charge in [0.15, 0.2) is 0 Å². The molecule has 0 aliphatic carbocycles. The molecule has 0 amide bonds. The van der Waals surface area contributed by atoms with Crippen LogP contribution in [0.4, 0.5) is 17.6 Å². The van der Waals surface area contributed by atoms with Crippen LogP contribution in [0.1, 0.15) is 23.1 Å². The number of alkyl halides is 3. The number of hydrogen-bond donors (Lipinski definition) is 0. The van der Waals surface area contributed by atoms with Crippen molar-refractivity contribution in [1.82, 2.24) is 9.55 Å². The van der Waals surface area contributed by atoms with Crippen molar-refractivity contribution < 1.29 is 22.3 Å². The Morgan fingerprint density at radius 2 is 2.10 bits per heavy atom. The lowest BCUT2D eigenvalue weighted by atomic mass is 10.0. The third-order valence-electron chi connectivity index (χ3n) is 3.20. The van der Waals surface area contributed by atoms with Crippen LogP contribution in [0.5, 0.6) is 0 Å². The van der Waals surface area contributed by atoms with E-state index in [1.165, 1.54) is 6.20 Å². The van der Waals surface area contributed by atoms with Crippen LogP contribution in [0, 0.1) is 5.82 Å². The van der Waals surface area contributed by atoms with Gasteiger partial charge in [0.1, 0.15) is 17.7 Å². The van der Waals surface area contributed by atoms with E-state index >= 15 is 0 Å². The summed E-state index contributed by atoms with van der Waals surface area (Å²) >= 11 is 0. The molecule has 2 aromatic rings. The number of nitrogens with zero attached hydrogens (tertiary/aromatic N) is 2. The summed E-state index contributed by atoms with van der Waals surface area (Å²) in [6, 6.07) is 2.31. The minimum Gasteiger partial charge on any atom is -0.364 e. The van der Waals surface area contributed by atoms with E-state index in [1.807, 2.05) is 0 Å². The van der Waals surface area contributed by atoms with E-state index in [2.05, 4.69) is 4.98 Å². The van der Waals surface area contributed by atoms with Crippen molar-refractivity contribution in [3.8, 4) is 0 Å². The Kier molecular flexibility index (Phi) is 3.01. The summed E-state index contributed by atoms with van der Waals surface area (Å²) in [5.74, 6) is -0.325. The van der Waals surface area contributed by atoms with Gasteiger partial charge in [-0.15, -0.1) is 0 Å². The van der Waals surface area contributed by atoms with Crippen molar-refractivity contribution in [2.24, 2.45) is 0 Å². The number of rotatable bonds is 1. The Balaban J connectivity index is 2.08. The largest absolute Gasteiger partial charge is 0.416 e. The normalized spacial score (nSPS) is 18.9. The van der Waals surface area contributed by atoms with Crippen molar-refractivity contribution in [3.05, 3.63) is 53.4 Å². The van der Waals surface area contributed by atoms with Crippen LogP contribution < -0.4 is 0 Å². The maximum atomic E-state index is 13.9. The van der Waals surface area contributed by atoms with Crippen LogP contribution in [0.3, 0.4) is 0 Å². The summed E-state index contributed by atoms with van der Waals surface area (Å²) in [7, 11) is 0. The van der Waals surface area contributed by atoms with Crippen molar-refractivity contribution in [2.75, 3.05) is 6.61 Å². The molecule has 0 N–H and O–H groups in total. The molecule has 3 nitrogen and oxygen atoms in total. The maximum absolute atomic E-state index is 13.9. The molecule has 0 saturated heterocycles. The summed E-state index contributed by atoms with van der Waals surface area (Å²) in [4.78, 5) is 4.04. The number of fused-ring (bicyclic) bond motifs is 1. The third-order valence-corrected chi connectivity index (χ3v) is 3.20. The Bertz CT molecular complexity index is 636. The highest BCUT2D eigenvalue weighted by atomic mass is 19.4. The molecule has 0 bridgehead atoms. The zero-order valence-electron chi connectivity index (χ0n) is 10.2. The minimum absolute atomic E-state index is 0.146. The van der Waals surface area contributed by atoms with Gasteiger partial charge >= 0.3 is 6.18 Å². The van der Waals surface area contributed by atoms with E-state index in [0.29, 0.717) is 25.0 Å². The first-order chi connectivity index (χ1) is 9.47. The zero-order chi connectivity index (χ0) is 14.3. The molecule has 1 aromatic carbocycles. The monoisotopic (exact) mass is 286 g/mol. The molecule has 0 radical (unpaired) electrons. The quantitative estimate of drug-likeness (QED) is 0.753. The molecule has 0 spiro atoms. The van der Waals surface area contributed by atoms with Crippen LogP contribution >= 0.6 is 0 Å². The molecule has 0 saturated carbocycles. The van der Waals surface area contributed by atoms with E-state index in [-0.39, 0.29) is 5.56 Å². The second-order valence-electron chi connectivity index (χ2n) is 4.46. The lowest BCUT2D eigenvalue weighted by molar-refractivity contribution is -0.137. The molecule has 106 valence electrons. The Morgan fingerprint density at radius 1 is 1.30 bits per heavy atom. The molecule has 2 heterocycles. The molecule has 1 unspecified atom stereocenters. The molecule has 20 heavy (non-hydrogen) atoms. The van der Waals surface area contributed by atoms with Crippen LogP contribution in [-0.2, 0) is 17.5 Å². The summed E-state index contributed by atoms with van der Waals surface area (Å²) < 4.78 is 59.2. The molecular formula is C13H10F4N2O. The third kappa shape index (κ3) is 2.18. The molecule has 1 aliphatic heterocycles. The molecule has 1 atom stereocenters. The summed E-state index contributed by atoms with van der Waals surface area (Å²) in [5.41, 5.74) is -1.05. The standard InChI is InChI=1S/C13H10F4N2O/c14-10-2-1-8(13(15,16)17)7-9(10)11-12-18-3-4-19(12)5-6-20-11/h1-4,7,11H,5-6H2. The lowest BCUT2D eigenvalue weighted by Gasteiger charge is -2.25. The number of ether oxygens (including phenoxy) is 1. The van der Waals surface area contributed by atoms with Crippen LogP contribution in [-0.4, -0.2) is 16.2 Å². The Labute approximate surface area is 111 Å². The average Bonchev–Trinajstić information content (AvgIpc) is 2.86. The predicted molar refractivity (Wildman–Crippen MR) is 61.4 cm³/mol. The van der Waals surface area contributed by atoms with Crippen LogP contribution in [0.2, 0.25) is 0 Å². The van der Waals surface area contributed by atoms with E-state index in [0.717, 1.165) is 12.1 Å². The first-order valence-corrected chi connectivity index (χ1v) is 5.96. The molecule has 1 aliphatic rings. The minimum atomic E-state index is -4.52. The number of halogens is 4. The van der Waals surface area contributed by atoms with Crippen molar-refractivity contribution in [2.45, 2.75) is 18.8 Å². The smallest absolute Gasteiger partial charge is 0.364 e. The summed E-state index contributed by atoms with van der Waals surface area (Å²) in [5, 5.41) is 0. The van der Waals surface area contributed by atoms with Gasteiger partial charge in [-0.3, -0.25) is 0 Å². The summed E-state index contributed by atoms with van der Waals surface area (Å²) in [6.07, 6.45) is -2.23. The Morgan fingerprint density at radius 3 is 2.85 bits per heavy atom. The van der Waals surface area contributed by atoms with Crippen LogP contribution in [0.25, 0.3) is 0 Å². The van der Waals surface area contributed by atoms with Gasteiger partial charge in [-0.25, -0.2) is 9.37 Å². The van der Waals surface area contributed by atoms with E-state index < -0.39 is 23.7 Å². The second kappa shape index (κ2) is 4.59. The number of aromatic nitrogens is 2. The van der Waals surface area contributed by atoms with Gasteiger partial charge in [-0.05, 0) is 18.2 Å². The second-order valence-corrected chi connectivity index (χ2v) is 4.46. The number of hydrogen-bond acceptors (Lipinski definition) is 2. The molecule has 1 aromatic heterocycles. The van der Waals surface area contributed by atoms with E-state index in [4.69, 9.17) is 4.74 Å². The fraction of sp³-hybridized carbons (Fsp3) is 0.308. The highest BCUT2D eigenvalue weighted by Gasteiger charge is 2.33. The average molecular weight is 286 g/mol. The zero-order valence-corrected chi connectivity index (χ0v) is 10.2. The molecular weight excluding hydrogens is 276 g/mol. The van der Waals surface area contributed by atoms with Crippen molar-refractivity contribution in [3.63, 3.8) is 0 Å². The van der Waals surface area contributed by atoms with Crippen LogP contribution in [0.15, 0.2) is 30.6 Å². The number of imidazole rings is 1. The van der Waals surface area contributed by atoms with Gasteiger partial charge in [-0.1, -0.05) is 0 Å². The highest BCUT2D eigenvalue weighted by Crippen LogP contribution is 2.35. The molecule has 7 heteroatoms. The fourth-order valence-corrected chi connectivity index (χ4v) is 2.24.